The number of nitrogens with zero attached hydrogens (tertiary/aromatic N) is 1. The minimum absolute atomic E-state index is 0.0215. The van der Waals surface area contributed by atoms with Gasteiger partial charge < -0.3 is 5.11 Å². The van der Waals surface area contributed by atoms with Gasteiger partial charge in [0.2, 0.25) is 10.0 Å². The van der Waals surface area contributed by atoms with Crippen molar-refractivity contribution in [1.82, 2.24) is 4.31 Å². The summed E-state index contributed by atoms with van der Waals surface area (Å²) in [7, 11) is -3.64. The van der Waals surface area contributed by atoms with Crippen molar-refractivity contribution in [3.05, 3.63) is 29.1 Å². The molecule has 1 aromatic rings. The number of benzene rings is 1. The zero-order valence-corrected chi connectivity index (χ0v) is 13.3. The summed E-state index contributed by atoms with van der Waals surface area (Å²) in [5, 5.41) is 9.17. The van der Waals surface area contributed by atoms with Crippen LogP contribution in [-0.2, 0) is 16.6 Å². The molecule has 1 aliphatic rings. The Morgan fingerprint density at radius 2 is 2.05 bits per heavy atom. The van der Waals surface area contributed by atoms with Crippen molar-refractivity contribution in [2.75, 3.05) is 13.1 Å². The van der Waals surface area contributed by atoms with Gasteiger partial charge in [-0.25, -0.2) is 12.8 Å². The Labute approximate surface area is 125 Å². The van der Waals surface area contributed by atoms with Crippen molar-refractivity contribution in [2.45, 2.75) is 44.6 Å². The number of aliphatic hydroxyl groups excluding tert-OH is 1. The molecule has 1 aliphatic carbocycles. The molecule has 0 heterocycles. The molecule has 0 bridgehead atoms. The van der Waals surface area contributed by atoms with Gasteiger partial charge in [0.25, 0.3) is 0 Å². The fraction of sp³-hybridized carbons (Fsp3) is 0.600. The van der Waals surface area contributed by atoms with Gasteiger partial charge in [0, 0.05) is 18.7 Å². The van der Waals surface area contributed by atoms with Crippen LogP contribution in [0.4, 0.5) is 4.39 Å². The summed E-state index contributed by atoms with van der Waals surface area (Å²) in [4.78, 5) is 0.0617. The highest BCUT2D eigenvalue weighted by Gasteiger charge is 2.29. The monoisotopic (exact) mass is 315 g/mol. The molecule has 1 saturated carbocycles. The molecule has 0 saturated heterocycles. The molecule has 0 aromatic heterocycles. The molecule has 1 N–H and O–H groups in total. The molecule has 0 aliphatic heterocycles. The molecule has 6 heteroatoms. The largest absolute Gasteiger partial charge is 0.392 e. The van der Waals surface area contributed by atoms with Crippen LogP contribution in [-0.4, -0.2) is 30.9 Å². The lowest BCUT2D eigenvalue weighted by Gasteiger charge is -2.31. The van der Waals surface area contributed by atoms with Gasteiger partial charge >= 0.3 is 0 Å². The van der Waals surface area contributed by atoms with E-state index in [2.05, 4.69) is 0 Å². The van der Waals surface area contributed by atoms with Crippen LogP contribution in [0, 0.1) is 18.7 Å². The number of halogens is 1. The predicted octanol–water partition coefficient (Wildman–Crippen LogP) is 2.44. The Bertz CT molecular complexity index is 612. The molecular formula is C15H22FNO3S. The topological polar surface area (TPSA) is 57.6 Å². The molecule has 4 nitrogen and oxygen atoms in total. The van der Waals surface area contributed by atoms with E-state index in [9.17, 15) is 17.9 Å². The van der Waals surface area contributed by atoms with Crippen LogP contribution in [0.2, 0.25) is 0 Å². The molecule has 0 amide bonds. The standard InChI is InChI=1S/C15H22FNO3S/c1-3-17(9-12-5-4-6-12)21(19,20)14-7-11(2)15(16)13(8-14)10-18/h7-8,12,18H,3-6,9-10H2,1-2H3. The van der Waals surface area contributed by atoms with E-state index in [1.165, 1.54) is 23.4 Å². The number of aryl methyl sites for hydroxylation is 1. The minimum Gasteiger partial charge on any atom is -0.392 e. The first-order valence-corrected chi connectivity index (χ1v) is 8.74. The summed E-state index contributed by atoms with van der Waals surface area (Å²) in [5.41, 5.74) is 0.257. The van der Waals surface area contributed by atoms with E-state index in [1.807, 2.05) is 0 Å². The summed E-state index contributed by atoms with van der Waals surface area (Å²) < 4.78 is 40.6. The predicted molar refractivity (Wildman–Crippen MR) is 78.8 cm³/mol. The van der Waals surface area contributed by atoms with Crippen molar-refractivity contribution < 1.29 is 17.9 Å². The molecule has 2 rings (SSSR count). The Hall–Kier alpha value is -0.980. The molecule has 0 radical (unpaired) electrons. The van der Waals surface area contributed by atoms with Gasteiger partial charge in [-0.05, 0) is 43.4 Å². The van der Waals surface area contributed by atoms with Crippen molar-refractivity contribution in [1.29, 1.82) is 0 Å². The minimum atomic E-state index is -3.64. The second-order valence-electron chi connectivity index (χ2n) is 5.62. The van der Waals surface area contributed by atoms with E-state index in [0.717, 1.165) is 19.3 Å². The van der Waals surface area contributed by atoms with Gasteiger partial charge in [0.05, 0.1) is 11.5 Å². The molecular weight excluding hydrogens is 293 g/mol. The lowest BCUT2D eigenvalue weighted by atomic mass is 9.85. The van der Waals surface area contributed by atoms with Crippen molar-refractivity contribution >= 4 is 10.0 Å². The quantitative estimate of drug-likeness (QED) is 0.877. The Morgan fingerprint density at radius 1 is 1.38 bits per heavy atom. The van der Waals surface area contributed by atoms with Crippen LogP contribution in [0.5, 0.6) is 0 Å². The van der Waals surface area contributed by atoms with Gasteiger partial charge in [-0.15, -0.1) is 0 Å². The average Bonchev–Trinajstić information content (AvgIpc) is 2.40. The molecule has 1 fully saturated rings. The Balaban J connectivity index is 2.34. The second kappa shape index (κ2) is 6.42. The smallest absolute Gasteiger partial charge is 0.243 e. The number of aliphatic hydroxyl groups is 1. The highest BCUT2D eigenvalue weighted by Crippen LogP contribution is 2.29. The molecule has 118 valence electrons. The molecule has 0 atom stereocenters. The third kappa shape index (κ3) is 3.27. The molecule has 0 spiro atoms. The first kappa shape index (κ1) is 16.4. The van der Waals surface area contributed by atoms with E-state index in [0.29, 0.717) is 19.0 Å². The van der Waals surface area contributed by atoms with E-state index in [1.54, 1.807) is 6.92 Å². The summed E-state index contributed by atoms with van der Waals surface area (Å²) in [6, 6.07) is 2.58. The zero-order valence-electron chi connectivity index (χ0n) is 12.5. The summed E-state index contributed by atoms with van der Waals surface area (Å²) in [6.45, 7) is 3.72. The third-order valence-corrected chi connectivity index (χ3v) is 6.07. The van der Waals surface area contributed by atoms with E-state index in [-0.39, 0.29) is 16.0 Å². The van der Waals surface area contributed by atoms with Gasteiger partial charge in [-0.1, -0.05) is 13.3 Å². The maximum Gasteiger partial charge on any atom is 0.243 e. The number of rotatable bonds is 6. The van der Waals surface area contributed by atoms with E-state index < -0.39 is 22.4 Å². The number of sulfonamides is 1. The fourth-order valence-corrected chi connectivity index (χ4v) is 4.24. The third-order valence-electron chi connectivity index (χ3n) is 4.15. The van der Waals surface area contributed by atoms with Gasteiger partial charge in [-0.3, -0.25) is 0 Å². The Kier molecular flexibility index (Phi) is 5.01. The lowest BCUT2D eigenvalue weighted by molar-refractivity contribution is 0.250. The average molecular weight is 315 g/mol. The maximum atomic E-state index is 13.8. The van der Waals surface area contributed by atoms with Crippen LogP contribution in [0.3, 0.4) is 0 Å². The summed E-state index contributed by atoms with van der Waals surface area (Å²) in [6.07, 6.45) is 3.29. The Morgan fingerprint density at radius 3 is 2.52 bits per heavy atom. The van der Waals surface area contributed by atoms with Crippen molar-refractivity contribution in [3.63, 3.8) is 0 Å². The summed E-state index contributed by atoms with van der Waals surface area (Å²) >= 11 is 0. The fourth-order valence-electron chi connectivity index (χ4n) is 2.58. The molecule has 21 heavy (non-hydrogen) atoms. The maximum absolute atomic E-state index is 13.8. The number of hydrogen-bond donors (Lipinski definition) is 1. The van der Waals surface area contributed by atoms with Crippen LogP contribution >= 0.6 is 0 Å². The molecule has 0 unspecified atom stereocenters. The SMILES string of the molecule is CCN(CC1CCC1)S(=O)(=O)c1cc(C)c(F)c(CO)c1. The van der Waals surface area contributed by atoms with Gasteiger partial charge in [-0.2, -0.15) is 4.31 Å². The van der Waals surface area contributed by atoms with Gasteiger partial charge in [0.1, 0.15) is 5.82 Å². The van der Waals surface area contributed by atoms with Crippen LogP contribution < -0.4 is 0 Å². The van der Waals surface area contributed by atoms with Crippen molar-refractivity contribution in [3.8, 4) is 0 Å². The summed E-state index contributed by atoms with van der Waals surface area (Å²) in [5.74, 6) is -0.114. The first-order chi connectivity index (χ1) is 9.90. The molecule has 1 aromatic carbocycles. The zero-order chi connectivity index (χ0) is 15.6. The highest BCUT2D eigenvalue weighted by molar-refractivity contribution is 7.89. The first-order valence-electron chi connectivity index (χ1n) is 7.30. The van der Waals surface area contributed by atoms with Gasteiger partial charge in [0.15, 0.2) is 0 Å². The van der Waals surface area contributed by atoms with Crippen LogP contribution in [0.1, 0.15) is 37.3 Å². The van der Waals surface area contributed by atoms with Crippen molar-refractivity contribution in [2.24, 2.45) is 5.92 Å². The highest BCUT2D eigenvalue weighted by atomic mass is 32.2. The lowest BCUT2D eigenvalue weighted by Crippen LogP contribution is -2.37. The van der Waals surface area contributed by atoms with Crippen LogP contribution in [0.25, 0.3) is 0 Å². The van der Waals surface area contributed by atoms with Crippen LogP contribution in [0.15, 0.2) is 17.0 Å². The number of hydrogen-bond acceptors (Lipinski definition) is 3. The van der Waals surface area contributed by atoms with E-state index >= 15 is 0 Å². The second-order valence-corrected chi connectivity index (χ2v) is 7.56. The van der Waals surface area contributed by atoms with E-state index in [4.69, 9.17) is 0 Å². The normalized spacial score (nSPS) is 16.2.